The van der Waals surface area contributed by atoms with Crippen LogP contribution in [0.2, 0.25) is 0 Å². The van der Waals surface area contributed by atoms with E-state index in [4.69, 9.17) is 19.8 Å². The number of carboxylic acid groups (broad SMARTS) is 1. The van der Waals surface area contributed by atoms with Gasteiger partial charge in [-0.05, 0) is 37.6 Å². The minimum Gasteiger partial charge on any atom is -0.481 e. The van der Waals surface area contributed by atoms with Crippen LogP contribution in [0, 0.1) is 6.92 Å². The summed E-state index contributed by atoms with van der Waals surface area (Å²) in [5.41, 5.74) is 3.19. The maximum Gasteiger partial charge on any atom is 0.306 e. The largest absolute Gasteiger partial charge is 0.481 e. The molecule has 2 aliphatic heterocycles. The van der Waals surface area contributed by atoms with Gasteiger partial charge < -0.3 is 19.6 Å². The van der Waals surface area contributed by atoms with E-state index < -0.39 is 5.97 Å². The fourth-order valence-electron chi connectivity index (χ4n) is 4.58. The molecule has 5 heterocycles. The summed E-state index contributed by atoms with van der Waals surface area (Å²) < 4.78 is 5.63. The summed E-state index contributed by atoms with van der Waals surface area (Å²) in [6, 6.07) is 5.97. The number of rotatable bonds is 5. The number of carbonyl (C=O) groups is 1. The molecule has 0 aromatic carbocycles. The third kappa shape index (κ3) is 4.54. The van der Waals surface area contributed by atoms with E-state index in [1.54, 1.807) is 18.5 Å². The smallest absolute Gasteiger partial charge is 0.306 e. The quantitative estimate of drug-likeness (QED) is 0.607. The maximum absolute atomic E-state index is 11.1. The molecule has 2 aliphatic rings. The third-order valence-electron chi connectivity index (χ3n) is 6.27. The number of aliphatic carboxylic acids is 1. The number of hydrogen-bond donors (Lipinski definition) is 1. The third-order valence-corrected chi connectivity index (χ3v) is 6.27. The first kappa shape index (κ1) is 22.1. The first-order valence-electron chi connectivity index (χ1n) is 11.4. The fourth-order valence-corrected chi connectivity index (χ4v) is 4.58. The Kier molecular flexibility index (Phi) is 6.06. The van der Waals surface area contributed by atoms with Crippen LogP contribution in [0.25, 0.3) is 11.6 Å². The number of pyridine rings is 1. The van der Waals surface area contributed by atoms with Gasteiger partial charge in [-0.15, -0.1) is 0 Å². The molecule has 0 bridgehead atoms. The van der Waals surface area contributed by atoms with Gasteiger partial charge in [0.25, 0.3) is 0 Å². The second-order valence-corrected chi connectivity index (χ2v) is 8.68. The van der Waals surface area contributed by atoms with E-state index in [0.717, 1.165) is 41.4 Å². The van der Waals surface area contributed by atoms with Gasteiger partial charge in [0, 0.05) is 50.2 Å². The lowest BCUT2D eigenvalue weighted by molar-refractivity contribution is -0.140. The molecule has 0 radical (unpaired) electrons. The van der Waals surface area contributed by atoms with E-state index in [1.807, 2.05) is 12.3 Å². The molecule has 34 heavy (non-hydrogen) atoms. The second-order valence-electron chi connectivity index (χ2n) is 8.68. The highest BCUT2D eigenvalue weighted by molar-refractivity contribution is 5.67. The van der Waals surface area contributed by atoms with Crippen molar-refractivity contribution in [1.29, 1.82) is 0 Å². The van der Waals surface area contributed by atoms with Gasteiger partial charge in [-0.25, -0.2) is 24.9 Å². The predicted molar refractivity (Wildman–Crippen MR) is 126 cm³/mol. The zero-order valence-corrected chi connectivity index (χ0v) is 19.3. The van der Waals surface area contributed by atoms with E-state index in [9.17, 15) is 4.79 Å². The van der Waals surface area contributed by atoms with Crippen molar-refractivity contribution in [1.82, 2.24) is 24.9 Å². The number of ether oxygens (including phenoxy) is 1. The molecule has 1 N–H and O–H groups in total. The van der Waals surface area contributed by atoms with Crippen LogP contribution in [0.1, 0.15) is 36.2 Å². The number of hydrogen-bond acceptors (Lipinski definition) is 9. The van der Waals surface area contributed by atoms with Crippen LogP contribution >= 0.6 is 0 Å². The standard InChI is InChI=1S/C24H27N7O3/c1-15-10-20(30-8-9-34-17(14-30)12-22(32)33)29-21(11-15)31-7-4-19-18(16(31)2)13-27-24(28-19)23-25-5-3-6-26-23/h3,5-6,10-11,13,16-17H,4,7-9,12,14H2,1-2H3,(H,32,33). The van der Waals surface area contributed by atoms with Gasteiger partial charge in [0.1, 0.15) is 11.6 Å². The van der Waals surface area contributed by atoms with Crippen molar-refractivity contribution in [2.45, 2.75) is 38.8 Å². The molecule has 1 saturated heterocycles. The lowest BCUT2D eigenvalue weighted by Gasteiger charge is -2.37. The van der Waals surface area contributed by atoms with Crippen molar-refractivity contribution in [3.05, 3.63) is 53.6 Å². The highest BCUT2D eigenvalue weighted by Gasteiger charge is 2.29. The highest BCUT2D eigenvalue weighted by atomic mass is 16.5. The summed E-state index contributed by atoms with van der Waals surface area (Å²) in [5.74, 6) is 1.95. The molecule has 10 nitrogen and oxygen atoms in total. The van der Waals surface area contributed by atoms with Crippen molar-refractivity contribution in [2.75, 3.05) is 36.0 Å². The van der Waals surface area contributed by atoms with Gasteiger partial charge in [0.05, 0.1) is 30.9 Å². The zero-order chi connectivity index (χ0) is 23.7. The van der Waals surface area contributed by atoms with Crippen molar-refractivity contribution in [3.63, 3.8) is 0 Å². The Bertz CT molecular complexity index is 1190. The summed E-state index contributed by atoms with van der Waals surface area (Å²) in [6.45, 7) is 6.66. The van der Waals surface area contributed by atoms with Gasteiger partial charge in [-0.1, -0.05) is 0 Å². The first-order chi connectivity index (χ1) is 16.5. The Labute approximate surface area is 197 Å². The first-order valence-corrected chi connectivity index (χ1v) is 11.4. The van der Waals surface area contributed by atoms with Crippen LogP contribution in [0.4, 0.5) is 11.6 Å². The Balaban J connectivity index is 1.39. The average Bonchev–Trinajstić information content (AvgIpc) is 2.84. The van der Waals surface area contributed by atoms with Gasteiger partial charge in [-0.3, -0.25) is 4.79 Å². The Morgan fingerprint density at radius 1 is 1.12 bits per heavy atom. The average molecular weight is 462 g/mol. The lowest BCUT2D eigenvalue weighted by Crippen LogP contribution is -2.44. The number of anilines is 2. The highest BCUT2D eigenvalue weighted by Crippen LogP contribution is 2.33. The number of fused-ring (bicyclic) bond motifs is 1. The van der Waals surface area contributed by atoms with Crippen molar-refractivity contribution in [2.24, 2.45) is 0 Å². The zero-order valence-electron chi connectivity index (χ0n) is 19.3. The SMILES string of the molecule is Cc1cc(N2CCOC(CC(=O)O)C2)nc(N2CCc3nc(-c4ncccn4)ncc3C2C)c1. The monoisotopic (exact) mass is 461 g/mol. The lowest BCUT2D eigenvalue weighted by atomic mass is 9.99. The molecule has 3 aromatic rings. The second kappa shape index (κ2) is 9.30. The molecule has 0 amide bonds. The van der Waals surface area contributed by atoms with E-state index in [2.05, 4.69) is 44.7 Å². The van der Waals surface area contributed by atoms with Crippen molar-refractivity contribution in [3.8, 4) is 11.6 Å². The molecule has 0 aliphatic carbocycles. The van der Waals surface area contributed by atoms with E-state index in [1.165, 1.54) is 0 Å². The number of carboxylic acids is 1. The number of morpholine rings is 1. The molecule has 1 fully saturated rings. The Hall–Kier alpha value is -3.66. The normalized spacial score (nSPS) is 20.2. The molecular formula is C24H27N7O3. The molecular weight excluding hydrogens is 434 g/mol. The molecule has 0 spiro atoms. The van der Waals surface area contributed by atoms with Crippen LogP contribution < -0.4 is 9.80 Å². The summed E-state index contributed by atoms with van der Waals surface area (Å²) in [5, 5.41) is 9.13. The van der Waals surface area contributed by atoms with Gasteiger partial charge in [-0.2, -0.15) is 0 Å². The van der Waals surface area contributed by atoms with Crippen LogP contribution in [-0.4, -0.2) is 68.3 Å². The Morgan fingerprint density at radius 3 is 2.71 bits per heavy atom. The van der Waals surface area contributed by atoms with Crippen molar-refractivity contribution >= 4 is 17.6 Å². The minimum atomic E-state index is -0.852. The summed E-state index contributed by atoms with van der Waals surface area (Å²) in [7, 11) is 0. The molecule has 5 rings (SSSR count). The minimum absolute atomic E-state index is 0.00880. The van der Waals surface area contributed by atoms with Crippen molar-refractivity contribution < 1.29 is 14.6 Å². The molecule has 176 valence electrons. The number of aryl methyl sites for hydroxylation is 1. The number of nitrogens with zero attached hydrogens (tertiary/aromatic N) is 7. The molecule has 0 saturated carbocycles. The fraction of sp³-hybridized carbons (Fsp3) is 0.417. The van der Waals surface area contributed by atoms with Gasteiger partial charge in [0.15, 0.2) is 11.6 Å². The van der Waals surface area contributed by atoms with Gasteiger partial charge >= 0.3 is 5.97 Å². The summed E-state index contributed by atoms with van der Waals surface area (Å²) in [4.78, 5) is 38.3. The van der Waals surface area contributed by atoms with Crippen LogP contribution in [0.3, 0.4) is 0 Å². The molecule has 2 atom stereocenters. The molecule has 3 aromatic heterocycles. The molecule has 2 unspecified atom stereocenters. The van der Waals surface area contributed by atoms with Crippen LogP contribution in [0.5, 0.6) is 0 Å². The van der Waals surface area contributed by atoms with Crippen LogP contribution in [0.15, 0.2) is 36.8 Å². The van der Waals surface area contributed by atoms with Crippen LogP contribution in [-0.2, 0) is 16.0 Å². The van der Waals surface area contributed by atoms with E-state index >= 15 is 0 Å². The summed E-state index contributed by atoms with van der Waals surface area (Å²) in [6.07, 6.45) is 5.68. The summed E-state index contributed by atoms with van der Waals surface area (Å²) >= 11 is 0. The molecule has 10 heteroatoms. The van der Waals surface area contributed by atoms with E-state index in [-0.39, 0.29) is 18.6 Å². The predicted octanol–water partition coefficient (Wildman–Crippen LogP) is 2.44. The topological polar surface area (TPSA) is 117 Å². The number of aromatic nitrogens is 5. The van der Waals surface area contributed by atoms with Gasteiger partial charge in [0.2, 0.25) is 0 Å². The Morgan fingerprint density at radius 2 is 1.91 bits per heavy atom. The maximum atomic E-state index is 11.1. The van der Waals surface area contributed by atoms with E-state index in [0.29, 0.717) is 31.3 Å².